The lowest BCUT2D eigenvalue weighted by atomic mass is 9.62. The number of aliphatic hydroxyl groups is 1. The maximum absolute atomic E-state index is 14.2. The van der Waals surface area contributed by atoms with Gasteiger partial charge >= 0.3 is 5.97 Å². The first kappa shape index (κ1) is 25.2. The van der Waals surface area contributed by atoms with Crippen LogP contribution in [0, 0.1) is 17.8 Å². The van der Waals surface area contributed by atoms with E-state index in [0.29, 0.717) is 17.9 Å². The van der Waals surface area contributed by atoms with Crippen molar-refractivity contribution in [3.63, 3.8) is 0 Å². The van der Waals surface area contributed by atoms with Crippen molar-refractivity contribution < 1.29 is 33.7 Å². The van der Waals surface area contributed by atoms with E-state index in [0.717, 1.165) is 0 Å². The number of ether oxygens (including phenoxy) is 3. The van der Waals surface area contributed by atoms with Crippen LogP contribution in [0.3, 0.4) is 0 Å². The van der Waals surface area contributed by atoms with E-state index in [-0.39, 0.29) is 44.0 Å². The molecule has 2 amide bonds. The highest BCUT2D eigenvalue weighted by Gasteiger charge is 2.80. The van der Waals surface area contributed by atoms with Crippen LogP contribution in [-0.2, 0) is 23.9 Å². The normalized spacial score (nSPS) is 32.9. The summed E-state index contributed by atoms with van der Waals surface area (Å²) in [5.41, 5.74) is -1.51. The first-order valence-corrected chi connectivity index (χ1v) is 12.0. The largest absolute Gasteiger partial charge is 0.497 e. The number of fused-ring (bicyclic) bond motifs is 1. The second kappa shape index (κ2) is 9.28. The number of β-amino-alcohol motifs (C(OH)–C–C–N with tert-alkyl or cyclic N) is 1. The molecule has 1 N–H and O–H groups in total. The fourth-order valence-electron chi connectivity index (χ4n) is 6.32. The molecular weight excluding hydrogens is 452 g/mol. The Morgan fingerprint density at radius 3 is 2.60 bits per heavy atom. The minimum absolute atomic E-state index is 0.0397. The molecule has 1 aromatic rings. The van der Waals surface area contributed by atoms with Crippen molar-refractivity contribution in [3.8, 4) is 5.75 Å². The highest BCUT2D eigenvalue weighted by Crippen LogP contribution is 2.65. The van der Waals surface area contributed by atoms with Gasteiger partial charge < -0.3 is 29.1 Å². The molecule has 2 bridgehead atoms. The third-order valence-electron chi connectivity index (χ3n) is 7.89. The van der Waals surface area contributed by atoms with Crippen LogP contribution < -0.4 is 9.64 Å². The number of carbonyl (C=O) groups excluding carboxylic acids is 3. The first-order chi connectivity index (χ1) is 16.7. The molecule has 3 aliphatic heterocycles. The number of carbonyl (C=O) groups is 3. The summed E-state index contributed by atoms with van der Waals surface area (Å²) in [4.78, 5) is 44.0. The second-order valence-corrected chi connectivity index (χ2v) is 9.65. The second-order valence-electron chi connectivity index (χ2n) is 9.65. The maximum Gasteiger partial charge on any atom is 0.312 e. The van der Waals surface area contributed by atoms with E-state index in [1.54, 1.807) is 49.3 Å². The topological polar surface area (TPSA) is 106 Å². The zero-order valence-electron chi connectivity index (χ0n) is 20.7. The fraction of sp³-hybridized carbons (Fsp3) is 0.577. The number of likely N-dealkylation sites (tertiary alicyclic amines) is 1. The van der Waals surface area contributed by atoms with Gasteiger partial charge in [-0.3, -0.25) is 14.4 Å². The van der Waals surface area contributed by atoms with Gasteiger partial charge in [-0.2, -0.15) is 0 Å². The Balaban J connectivity index is 1.80. The molecule has 0 saturated carbocycles. The molecule has 3 unspecified atom stereocenters. The average Bonchev–Trinajstić information content (AvgIpc) is 3.34. The van der Waals surface area contributed by atoms with Crippen molar-refractivity contribution in [2.75, 3.05) is 38.3 Å². The number of anilines is 1. The summed E-state index contributed by atoms with van der Waals surface area (Å²) in [6, 6.07) is 6.03. The number of rotatable bonds is 9. The standard InChI is InChI=1S/C26H34N2O7/c1-6-12-27(17-8-10-18(33-5)11-9-17)23(31)21-26-15-16(3)25(4,35-26)20(24(32)34-7-2)19(26)22(30)28(21)13-14-29/h6,8-11,16,19-21,29H,1,7,12-15H2,2-5H3/t16?,19-,20-,21?,25+,26?/m0/s1. The lowest BCUT2D eigenvalue weighted by Crippen LogP contribution is -2.57. The Morgan fingerprint density at radius 1 is 1.34 bits per heavy atom. The molecule has 4 rings (SSSR count). The molecule has 190 valence electrons. The van der Waals surface area contributed by atoms with E-state index in [1.807, 2.05) is 13.8 Å². The van der Waals surface area contributed by atoms with Crippen LogP contribution in [0.1, 0.15) is 27.2 Å². The van der Waals surface area contributed by atoms with Crippen LogP contribution in [0.25, 0.3) is 0 Å². The van der Waals surface area contributed by atoms with E-state index >= 15 is 0 Å². The van der Waals surface area contributed by atoms with E-state index < -0.39 is 35.0 Å². The van der Waals surface area contributed by atoms with Gasteiger partial charge in [0.1, 0.15) is 23.3 Å². The highest BCUT2D eigenvalue weighted by atomic mass is 16.6. The Labute approximate surface area is 205 Å². The third-order valence-corrected chi connectivity index (χ3v) is 7.89. The lowest BCUT2D eigenvalue weighted by molar-refractivity contribution is -0.161. The summed E-state index contributed by atoms with van der Waals surface area (Å²) in [7, 11) is 1.56. The predicted molar refractivity (Wildman–Crippen MR) is 128 cm³/mol. The van der Waals surface area contributed by atoms with Gasteiger partial charge in [0.25, 0.3) is 5.91 Å². The molecule has 3 saturated heterocycles. The molecule has 6 atom stereocenters. The van der Waals surface area contributed by atoms with Crippen LogP contribution in [0.2, 0.25) is 0 Å². The molecule has 9 nitrogen and oxygen atoms in total. The molecule has 0 radical (unpaired) electrons. The van der Waals surface area contributed by atoms with Crippen LogP contribution in [-0.4, -0.2) is 78.4 Å². The summed E-state index contributed by atoms with van der Waals surface area (Å²) in [5.74, 6) is -2.32. The Bertz CT molecular complexity index is 1010. The minimum atomic E-state index is -1.19. The zero-order valence-corrected chi connectivity index (χ0v) is 20.7. The molecule has 35 heavy (non-hydrogen) atoms. The number of amides is 2. The predicted octanol–water partition coefficient (Wildman–Crippen LogP) is 1.78. The van der Waals surface area contributed by atoms with Gasteiger partial charge in [0.15, 0.2) is 0 Å². The molecule has 3 heterocycles. The summed E-state index contributed by atoms with van der Waals surface area (Å²) in [5, 5.41) is 9.77. The van der Waals surface area contributed by atoms with Gasteiger partial charge in [-0.15, -0.1) is 6.58 Å². The minimum Gasteiger partial charge on any atom is -0.497 e. The molecule has 3 aliphatic rings. The van der Waals surface area contributed by atoms with Gasteiger partial charge in [-0.25, -0.2) is 0 Å². The van der Waals surface area contributed by atoms with Crippen molar-refractivity contribution in [3.05, 3.63) is 36.9 Å². The number of hydrogen-bond donors (Lipinski definition) is 1. The van der Waals surface area contributed by atoms with Crippen LogP contribution in [0.15, 0.2) is 36.9 Å². The average molecular weight is 487 g/mol. The third kappa shape index (κ3) is 3.63. The van der Waals surface area contributed by atoms with E-state index in [1.165, 1.54) is 4.90 Å². The number of methoxy groups -OCH3 is 1. The SMILES string of the molecule is C=CCN(C(=O)C1N(CCO)C(=O)[C@@H]2[C@@H](C(=O)OCC)[C@]3(C)OC12CC3C)c1ccc(OC)cc1. The van der Waals surface area contributed by atoms with Gasteiger partial charge in [0, 0.05) is 18.8 Å². The molecule has 0 aromatic heterocycles. The zero-order chi connectivity index (χ0) is 25.5. The van der Waals surface area contributed by atoms with E-state index in [9.17, 15) is 19.5 Å². The molecule has 1 aromatic carbocycles. The van der Waals surface area contributed by atoms with Crippen LogP contribution >= 0.6 is 0 Å². The monoisotopic (exact) mass is 486 g/mol. The smallest absolute Gasteiger partial charge is 0.312 e. The molecule has 1 spiro atoms. The molecule has 3 fully saturated rings. The lowest BCUT2D eigenvalue weighted by Gasteiger charge is -2.37. The summed E-state index contributed by atoms with van der Waals surface area (Å²) in [6.07, 6.45) is 2.06. The van der Waals surface area contributed by atoms with Crippen molar-refractivity contribution in [1.82, 2.24) is 4.90 Å². The number of benzene rings is 1. The number of nitrogens with zero attached hydrogens (tertiary/aromatic N) is 2. The Kier molecular flexibility index (Phi) is 6.68. The number of hydrogen-bond acceptors (Lipinski definition) is 7. The fourth-order valence-corrected chi connectivity index (χ4v) is 6.32. The quantitative estimate of drug-likeness (QED) is 0.419. The van der Waals surface area contributed by atoms with E-state index in [2.05, 4.69) is 6.58 Å². The molecular formula is C26H34N2O7. The number of esters is 1. The summed E-state index contributed by atoms with van der Waals surface area (Å²) < 4.78 is 17.2. The Morgan fingerprint density at radius 2 is 2.03 bits per heavy atom. The van der Waals surface area contributed by atoms with Gasteiger partial charge in [0.2, 0.25) is 5.91 Å². The van der Waals surface area contributed by atoms with Crippen molar-refractivity contribution in [2.24, 2.45) is 17.8 Å². The van der Waals surface area contributed by atoms with Crippen molar-refractivity contribution in [2.45, 2.75) is 44.4 Å². The van der Waals surface area contributed by atoms with Crippen LogP contribution in [0.4, 0.5) is 5.69 Å². The van der Waals surface area contributed by atoms with Crippen molar-refractivity contribution >= 4 is 23.5 Å². The van der Waals surface area contributed by atoms with Crippen LogP contribution in [0.5, 0.6) is 5.75 Å². The molecule has 0 aliphatic carbocycles. The first-order valence-electron chi connectivity index (χ1n) is 12.0. The summed E-state index contributed by atoms with van der Waals surface area (Å²) >= 11 is 0. The van der Waals surface area contributed by atoms with Gasteiger partial charge in [-0.05, 0) is 50.5 Å². The maximum atomic E-state index is 14.2. The Hall–Kier alpha value is -2.91. The van der Waals surface area contributed by atoms with Crippen molar-refractivity contribution in [1.29, 1.82) is 0 Å². The summed E-state index contributed by atoms with van der Waals surface area (Å²) in [6.45, 7) is 9.36. The van der Waals surface area contributed by atoms with Gasteiger partial charge in [-0.1, -0.05) is 13.0 Å². The van der Waals surface area contributed by atoms with E-state index in [4.69, 9.17) is 14.2 Å². The van der Waals surface area contributed by atoms with Gasteiger partial charge in [0.05, 0.1) is 31.8 Å². The molecule has 9 heteroatoms. The highest BCUT2D eigenvalue weighted by molar-refractivity contribution is 6.04. The number of aliphatic hydroxyl groups excluding tert-OH is 1.